The quantitative estimate of drug-likeness (QED) is 0.568. The number of piperidine rings is 1. The van der Waals surface area contributed by atoms with Gasteiger partial charge >= 0.3 is 0 Å². The Morgan fingerprint density at radius 1 is 1.06 bits per heavy atom. The van der Waals surface area contributed by atoms with Crippen LogP contribution in [-0.2, 0) is 16.1 Å². The molecule has 5 atom stereocenters. The van der Waals surface area contributed by atoms with E-state index < -0.39 is 11.9 Å². The second kappa shape index (κ2) is 8.48. The van der Waals surface area contributed by atoms with E-state index in [1.807, 2.05) is 6.07 Å². The Morgan fingerprint density at radius 3 is 2.69 bits per heavy atom. The van der Waals surface area contributed by atoms with Crippen molar-refractivity contribution in [2.45, 2.75) is 62.7 Å². The highest BCUT2D eigenvalue weighted by Crippen LogP contribution is 2.48. The van der Waals surface area contributed by atoms with E-state index in [0.29, 0.717) is 29.2 Å². The number of fused-ring (bicyclic) bond motifs is 2. The van der Waals surface area contributed by atoms with Gasteiger partial charge in [0.15, 0.2) is 5.69 Å². The molecule has 9 heteroatoms. The van der Waals surface area contributed by atoms with E-state index in [4.69, 9.17) is 5.73 Å². The monoisotopic (exact) mass is 472 g/mol. The van der Waals surface area contributed by atoms with E-state index in [2.05, 4.69) is 39.7 Å². The molecule has 6 rings (SSSR count). The van der Waals surface area contributed by atoms with Crippen molar-refractivity contribution in [3.63, 3.8) is 0 Å². The van der Waals surface area contributed by atoms with Gasteiger partial charge in [-0.25, -0.2) is 0 Å². The van der Waals surface area contributed by atoms with Gasteiger partial charge in [0.05, 0.1) is 11.7 Å². The number of carbonyl (C=O) groups excluding carboxylic acids is 3. The number of primary amides is 1. The summed E-state index contributed by atoms with van der Waals surface area (Å²) in [6.07, 6.45) is 7.68. The largest absolute Gasteiger partial charge is 0.364 e. The van der Waals surface area contributed by atoms with Crippen molar-refractivity contribution in [2.75, 3.05) is 0 Å². The molecule has 3 heterocycles. The van der Waals surface area contributed by atoms with Crippen molar-refractivity contribution in [2.24, 2.45) is 11.7 Å². The Balaban J connectivity index is 1.15. The van der Waals surface area contributed by atoms with E-state index in [9.17, 15) is 14.4 Å². The van der Waals surface area contributed by atoms with Gasteiger partial charge in [0.25, 0.3) is 5.91 Å². The average molecular weight is 473 g/mol. The number of benzene rings is 1. The van der Waals surface area contributed by atoms with Gasteiger partial charge in [0.2, 0.25) is 11.8 Å². The van der Waals surface area contributed by atoms with Gasteiger partial charge in [-0.2, -0.15) is 5.10 Å². The van der Waals surface area contributed by atoms with Crippen molar-refractivity contribution in [1.29, 1.82) is 0 Å². The molecule has 0 bridgehead atoms. The predicted molar refractivity (Wildman–Crippen MR) is 128 cm³/mol. The first-order valence-electron chi connectivity index (χ1n) is 12.3. The Morgan fingerprint density at radius 2 is 1.89 bits per heavy atom. The summed E-state index contributed by atoms with van der Waals surface area (Å²) in [4.78, 5) is 44.4. The third-order valence-electron chi connectivity index (χ3n) is 7.82. The zero-order valence-electron chi connectivity index (χ0n) is 19.3. The highest BCUT2D eigenvalue weighted by atomic mass is 16.2. The molecule has 1 aromatic carbocycles. The highest BCUT2D eigenvalue weighted by molar-refractivity contribution is 6.04. The van der Waals surface area contributed by atoms with Gasteiger partial charge in [-0.3, -0.25) is 24.0 Å². The van der Waals surface area contributed by atoms with Crippen LogP contribution in [0.1, 0.15) is 54.1 Å². The lowest BCUT2D eigenvalue weighted by atomic mass is 9.97. The number of rotatable bonds is 6. The lowest BCUT2D eigenvalue weighted by Gasteiger charge is -2.28. The normalized spacial score (nSPS) is 27.1. The van der Waals surface area contributed by atoms with Crippen molar-refractivity contribution in [3.05, 3.63) is 60.0 Å². The van der Waals surface area contributed by atoms with E-state index in [-0.39, 0.29) is 36.1 Å². The lowest BCUT2D eigenvalue weighted by molar-refractivity contribution is -0.140. The molecule has 1 saturated heterocycles. The first kappa shape index (κ1) is 21.8. The molecular formula is C26H28N6O3. The third kappa shape index (κ3) is 3.94. The van der Waals surface area contributed by atoms with Crippen LogP contribution in [0.4, 0.5) is 0 Å². The van der Waals surface area contributed by atoms with E-state index in [0.717, 1.165) is 25.7 Å². The highest BCUT2D eigenvalue weighted by Gasteiger charge is 2.56. The molecule has 3 fully saturated rings. The smallest absolute Gasteiger partial charge is 0.269 e. The van der Waals surface area contributed by atoms with Crippen LogP contribution >= 0.6 is 0 Å². The van der Waals surface area contributed by atoms with Crippen molar-refractivity contribution in [1.82, 2.24) is 25.0 Å². The number of nitrogens with zero attached hydrogens (tertiary/aromatic N) is 4. The summed E-state index contributed by atoms with van der Waals surface area (Å²) < 4.78 is 1.47. The third-order valence-corrected chi connectivity index (χ3v) is 7.82. The number of hydrogen-bond donors (Lipinski definition) is 2. The molecule has 2 unspecified atom stereocenters. The first-order valence-corrected chi connectivity index (χ1v) is 12.3. The van der Waals surface area contributed by atoms with Gasteiger partial charge in [0.1, 0.15) is 12.6 Å². The summed E-state index contributed by atoms with van der Waals surface area (Å²) in [7, 11) is 0. The van der Waals surface area contributed by atoms with Gasteiger partial charge < -0.3 is 16.0 Å². The summed E-state index contributed by atoms with van der Waals surface area (Å²) in [5.74, 6) is -0.0505. The fraction of sp³-hybridized carbons (Fsp3) is 0.423. The van der Waals surface area contributed by atoms with Crippen LogP contribution < -0.4 is 11.1 Å². The SMILES string of the molecule is NC(=O)c1nn(CC(=O)N2C3C[C@@H]3C[C@H]2C(=O)NC2CC[C@@H](c3ccccc3)C2)c2cnccc12. The molecule has 2 aliphatic carbocycles. The maximum absolute atomic E-state index is 13.4. The predicted octanol–water partition coefficient (Wildman–Crippen LogP) is 1.97. The van der Waals surface area contributed by atoms with Crippen LogP contribution in [0.5, 0.6) is 0 Å². The molecule has 0 radical (unpaired) electrons. The van der Waals surface area contributed by atoms with Crippen molar-refractivity contribution in [3.8, 4) is 0 Å². The molecule has 3 aliphatic rings. The average Bonchev–Trinajstić information content (AvgIpc) is 3.20. The summed E-state index contributed by atoms with van der Waals surface area (Å²) in [5, 5.41) is 8.08. The van der Waals surface area contributed by atoms with Crippen LogP contribution in [-0.4, -0.2) is 55.5 Å². The molecule has 2 aromatic heterocycles. The van der Waals surface area contributed by atoms with Crippen LogP contribution in [0.2, 0.25) is 0 Å². The standard InChI is InChI=1S/C26H28N6O3/c27-25(34)24-19-8-9-28-13-22(19)31(30-24)14-23(33)32-20-11-17(20)12-21(32)26(35)29-18-7-6-16(10-18)15-4-2-1-3-5-15/h1-5,8-9,13,16-18,20-21H,6-7,10-12,14H2,(H2,27,34)(H,29,35)/t16-,17-,18?,20?,21+/m1/s1. The van der Waals surface area contributed by atoms with Crippen molar-refractivity contribution < 1.29 is 14.4 Å². The number of nitrogens with two attached hydrogens (primary N) is 1. The van der Waals surface area contributed by atoms with Crippen LogP contribution in [0.3, 0.4) is 0 Å². The fourth-order valence-corrected chi connectivity index (χ4v) is 6.02. The number of likely N-dealkylation sites (tertiary alicyclic amines) is 1. The van der Waals surface area contributed by atoms with Crippen LogP contribution in [0, 0.1) is 5.92 Å². The van der Waals surface area contributed by atoms with E-state index in [1.54, 1.807) is 23.4 Å². The Bertz CT molecular complexity index is 1300. The zero-order valence-corrected chi connectivity index (χ0v) is 19.3. The lowest BCUT2D eigenvalue weighted by Crippen LogP contribution is -2.50. The summed E-state index contributed by atoms with van der Waals surface area (Å²) >= 11 is 0. The van der Waals surface area contributed by atoms with E-state index in [1.165, 1.54) is 10.2 Å². The Labute approximate surface area is 202 Å². The van der Waals surface area contributed by atoms with Gasteiger partial charge in [-0.15, -0.1) is 0 Å². The summed E-state index contributed by atoms with van der Waals surface area (Å²) in [5.41, 5.74) is 7.48. The second-order valence-electron chi connectivity index (χ2n) is 10.0. The molecule has 2 saturated carbocycles. The Kier molecular flexibility index (Phi) is 5.27. The number of aromatic nitrogens is 3. The molecule has 3 amide bonds. The first-order chi connectivity index (χ1) is 17.0. The number of pyridine rings is 1. The van der Waals surface area contributed by atoms with E-state index >= 15 is 0 Å². The number of hydrogen-bond acceptors (Lipinski definition) is 5. The molecule has 0 spiro atoms. The van der Waals surface area contributed by atoms with Gasteiger partial charge in [-0.05, 0) is 55.6 Å². The molecule has 3 N–H and O–H groups in total. The minimum Gasteiger partial charge on any atom is -0.364 e. The molecule has 1 aliphatic heterocycles. The van der Waals surface area contributed by atoms with Crippen LogP contribution in [0.25, 0.3) is 10.9 Å². The van der Waals surface area contributed by atoms with Gasteiger partial charge in [0, 0.05) is 23.7 Å². The van der Waals surface area contributed by atoms with Gasteiger partial charge in [-0.1, -0.05) is 30.3 Å². The minimum atomic E-state index is -0.654. The maximum Gasteiger partial charge on any atom is 0.269 e. The number of amides is 3. The van der Waals surface area contributed by atoms with Crippen LogP contribution in [0.15, 0.2) is 48.8 Å². The number of nitrogens with one attached hydrogen (secondary N) is 1. The molecular weight excluding hydrogens is 444 g/mol. The molecule has 9 nitrogen and oxygen atoms in total. The van der Waals surface area contributed by atoms with Crippen molar-refractivity contribution >= 4 is 28.6 Å². The topological polar surface area (TPSA) is 123 Å². The molecule has 3 aromatic rings. The summed E-state index contributed by atoms with van der Waals surface area (Å²) in [6, 6.07) is 11.9. The second-order valence-corrected chi connectivity index (χ2v) is 10.0. The minimum absolute atomic E-state index is 0.0610. The summed E-state index contributed by atoms with van der Waals surface area (Å²) in [6.45, 7) is -0.0675. The zero-order chi connectivity index (χ0) is 24.1. The number of carbonyl (C=O) groups is 3. The molecule has 180 valence electrons. The molecule has 35 heavy (non-hydrogen) atoms. The maximum atomic E-state index is 13.4. The fourth-order valence-electron chi connectivity index (χ4n) is 6.02. The Hall–Kier alpha value is -3.75.